The van der Waals surface area contributed by atoms with Gasteiger partial charge in [0.2, 0.25) is 0 Å². The zero-order valence-corrected chi connectivity index (χ0v) is 9.87. The minimum atomic E-state index is -4.39. The number of anilines is 1. The van der Waals surface area contributed by atoms with Gasteiger partial charge in [-0.2, -0.15) is 13.2 Å². The first-order valence-electron chi connectivity index (χ1n) is 5.52. The second kappa shape index (κ2) is 5.22. The summed E-state index contributed by atoms with van der Waals surface area (Å²) in [6, 6.07) is 14.4. The van der Waals surface area contributed by atoms with Crippen LogP contribution < -0.4 is 10.5 Å². The van der Waals surface area contributed by atoms with Crippen LogP contribution in [-0.2, 0) is 0 Å². The maximum Gasteiger partial charge on any atom is 0.422 e. The van der Waals surface area contributed by atoms with Crippen LogP contribution in [0, 0.1) is 6.07 Å². The highest BCUT2D eigenvalue weighted by Crippen LogP contribution is 2.33. The van der Waals surface area contributed by atoms with E-state index in [0.717, 1.165) is 0 Å². The first-order valence-corrected chi connectivity index (χ1v) is 5.52. The van der Waals surface area contributed by atoms with Crippen LogP contribution in [0.15, 0.2) is 42.5 Å². The maximum absolute atomic E-state index is 12.2. The van der Waals surface area contributed by atoms with Gasteiger partial charge in [-0.25, -0.2) is 0 Å². The fourth-order valence-corrected chi connectivity index (χ4v) is 1.65. The molecule has 0 fully saturated rings. The van der Waals surface area contributed by atoms with Crippen molar-refractivity contribution in [3.05, 3.63) is 48.5 Å². The Morgan fingerprint density at radius 3 is 2.42 bits per heavy atom. The summed E-state index contributed by atoms with van der Waals surface area (Å²) >= 11 is 0. The topological polar surface area (TPSA) is 35.2 Å². The van der Waals surface area contributed by atoms with Gasteiger partial charge in [0.25, 0.3) is 0 Å². The van der Waals surface area contributed by atoms with Gasteiger partial charge >= 0.3 is 6.18 Å². The quantitative estimate of drug-likeness (QED) is 0.860. The molecular formula is C14H11F3NO. The third-order valence-electron chi connectivity index (χ3n) is 2.45. The van der Waals surface area contributed by atoms with Crippen LogP contribution in [0.5, 0.6) is 5.75 Å². The summed E-state index contributed by atoms with van der Waals surface area (Å²) in [5, 5.41) is 0. The molecule has 99 valence electrons. The molecule has 2 aromatic rings. The van der Waals surface area contributed by atoms with Crippen LogP contribution in [0.3, 0.4) is 0 Å². The standard InChI is InChI=1S/C14H11F3NO/c15-14(16,17)9-19-13-8-4-2-6-11(13)10-5-1-3-7-12(10)18/h1-7H,9,18H2. The Bertz CT molecular complexity index is 567. The number of nitrogen functional groups attached to an aromatic ring is 1. The van der Waals surface area contributed by atoms with E-state index in [0.29, 0.717) is 16.8 Å². The van der Waals surface area contributed by atoms with Gasteiger partial charge in [0.1, 0.15) is 5.75 Å². The average Bonchev–Trinajstić information content (AvgIpc) is 2.37. The summed E-state index contributed by atoms with van der Waals surface area (Å²) in [6.07, 6.45) is -4.39. The van der Waals surface area contributed by atoms with Gasteiger partial charge in [0.05, 0.1) is 0 Å². The second-order valence-corrected chi connectivity index (χ2v) is 3.90. The Labute approximate surface area is 108 Å². The minimum Gasteiger partial charge on any atom is -0.483 e. The summed E-state index contributed by atoms with van der Waals surface area (Å²) in [5.74, 6) is 0.0396. The number of ether oxygens (including phenoxy) is 1. The molecule has 0 saturated heterocycles. The van der Waals surface area contributed by atoms with E-state index in [9.17, 15) is 13.2 Å². The van der Waals surface area contributed by atoms with Gasteiger partial charge in [-0.05, 0) is 6.07 Å². The van der Waals surface area contributed by atoms with Gasteiger partial charge in [-0.15, -0.1) is 0 Å². The molecule has 0 aliphatic heterocycles. The second-order valence-electron chi connectivity index (χ2n) is 3.90. The molecule has 0 bridgehead atoms. The van der Waals surface area contributed by atoms with E-state index in [4.69, 9.17) is 10.5 Å². The van der Waals surface area contributed by atoms with E-state index in [1.54, 1.807) is 36.4 Å². The van der Waals surface area contributed by atoms with Crippen molar-refractivity contribution in [2.75, 3.05) is 12.3 Å². The third-order valence-corrected chi connectivity index (χ3v) is 2.45. The summed E-state index contributed by atoms with van der Waals surface area (Å²) in [7, 11) is 0. The van der Waals surface area contributed by atoms with Crippen molar-refractivity contribution in [2.24, 2.45) is 0 Å². The normalized spacial score (nSPS) is 11.3. The van der Waals surface area contributed by atoms with Gasteiger partial charge in [0, 0.05) is 22.9 Å². The lowest BCUT2D eigenvalue weighted by molar-refractivity contribution is -0.153. The molecule has 1 radical (unpaired) electrons. The van der Waals surface area contributed by atoms with E-state index in [-0.39, 0.29) is 5.75 Å². The highest BCUT2D eigenvalue weighted by Gasteiger charge is 2.29. The van der Waals surface area contributed by atoms with Gasteiger partial charge in [-0.3, -0.25) is 0 Å². The predicted octanol–water partition coefficient (Wildman–Crippen LogP) is 3.68. The molecule has 0 saturated carbocycles. The van der Waals surface area contributed by atoms with Gasteiger partial charge < -0.3 is 10.5 Å². The number of hydrogen-bond acceptors (Lipinski definition) is 2. The van der Waals surface area contributed by atoms with Crippen molar-refractivity contribution < 1.29 is 17.9 Å². The van der Waals surface area contributed by atoms with Crippen molar-refractivity contribution >= 4 is 5.69 Å². The highest BCUT2D eigenvalue weighted by atomic mass is 19.4. The van der Waals surface area contributed by atoms with Crippen molar-refractivity contribution in [2.45, 2.75) is 6.18 Å². The average molecular weight is 266 g/mol. The Hall–Kier alpha value is -2.17. The van der Waals surface area contributed by atoms with E-state index >= 15 is 0 Å². The number of nitrogens with two attached hydrogens (primary N) is 1. The largest absolute Gasteiger partial charge is 0.483 e. The van der Waals surface area contributed by atoms with Crippen molar-refractivity contribution in [3.63, 3.8) is 0 Å². The molecule has 0 spiro atoms. The van der Waals surface area contributed by atoms with Crippen LogP contribution in [0.2, 0.25) is 0 Å². The number of halogens is 3. The first-order chi connectivity index (χ1) is 8.97. The molecule has 2 nitrogen and oxygen atoms in total. The fraction of sp³-hybridized carbons (Fsp3) is 0.143. The fourth-order valence-electron chi connectivity index (χ4n) is 1.65. The van der Waals surface area contributed by atoms with Crippen LogP contribution in [-0.4, -0.2) is 12.8 Å². The summed E-state index contributed by atoms with van der Waals surface area (Å²) < 4.78 is 41.3. The molecule has 5 heteroatoms. The molecule has 19 heavy (non-hydrogen) atoms. The molecule has 0 amide bonds. The Balaban J connectivity index is 2.34. The molecule has 0 unspecified atom stereocenters. The summed E-state index contributed by atoms with van der Waals surface area (Å²) in [6.45, 7) is -1.35. The van der Waals surface area contributed by atoms with E-state index < -0.39 is 12.8 Å². The predicted molar refractivity (Wildman–Crippen MR) is 66.7 cm³/mol. The Morgan fingerprint density at radius 2 is 1.74 bits per heavy atom. The van der Waals surface area contributed by atoms with Crippen molar-refractivity contribution in [1.29, 1.82) is 0 Å². The monoisotopic (exact) mass is 266 g/mol. The molecule has 0 aliphatic carbocycles. The third kappa shape index (κ3) is 3.40. The van der Waals surface area contributed by atoms with Crippen molar-refractivity contribution in [3.8, 4) is 16.9 Å². The van der Waals surface area contributed by atoms with E-state index in [2.05, 4.69) is 6.07 Å². The summed E-state index contributed by atoms with van der Waals surface area (Å²) in [5.41, 5.74) is 7.40. The Kier molecular flexibility index (Phi) is 3.64. The molecule has 0 aliphatic rings. The SMILES string of the molecule is Nc1ccccc1-c1ccc[c]c1OCC(F)(F)F. The Morgan fingerprint density at radius 1 is 1.05 bits per heavy atom. The number of benzene rings is 2. The lowest BCUT2D eigenvalue weighted by atomic mass is 10.0. The first kappa shape index (κ1) is 13.3. The van der Waals surface area contributed by atoms with Crippen LogP contribution in [0.1, 0.15) is 0 Å². The molecule has 2 aromatic carbocycles. The number of alkyl halides is 3. The van der Waals surface area contributed by atoms with Crippen LogP contribution >= 0.6 is 0 Å². The molecule has 2 rings (SSSR count). The molecular weight excluding hydrogens is 255 g/mol. The number of hydrogen-bond donors (Lipinski definition) is 1. The number of para-hydroxylation sites is 2. The van der Waals surface area contributed by atoms with Crippen LogP contribution in [0.4, 0.5) is 18.9 Å². The molecule has 0 atom stereocenters. The van der Waals surface area contributed by atoms with Crippen LogP contribution in [0.25, 0.3) is 11.1 Å². The van der Waals surface area contributed by atoms with E-state index in [1.807, 2.05) is 0 Å². The van der Waals surface area contributed by atoms with E-state index in [1.165, 1.54) is 6.07 Å². The minimum absolute atomic E-state index is 0.0396. The highest BCUT2D eigenvalue weighted by molar-refractivity contribution is 5.80. The smallest absolute Gasteiger partial charge is 0.422 e. The van der Waals surface area contributed by atoms with Gasteiger partial charge in [0.15, 0.2) is 6.61 Å². The lowest BCUT2D eigenvalue weighted by Gasteiger charge is -2.13. The lowest BCUT2D eigenvalue weighted by Crippen LogP contribution is -2.19. The zero-order chi connectivity index (χ0) is 13.9. The molecule has 0 aromatic heterocycles. The number of rotatable bonds is 3. The molecule has 0 heterocycles. The summed E-state index contributed by atoms with van der Waals surface area (Å²) in [4.78, 5) is 0. The zero-order valence-electron chi connectivity index (χ0n) is 9.87. The molecule has 2 N–H and O–H groups in total. The van der Waals surface area contributed by atoms with Crippen molar-refractivity contribution in [1.82, 2.24) is 0 Å². The van der Waals surface area contributed by atoms with Gasteiger partial charge in [-0.1, -0.05) is 36.4 Å². The maximum atomic E-state index is 12.2.